The highest BCUT2D eigenvalue weighted by Crippen LogP contribution is 2.34. The predicted octanol–water partition coefficient (Wildman–Crippen LogP) is 4.76. The number of hydrogen-bond acceptors (Lipinski definition) is 6. The SMILES string of the molecule is CCOc1cc(/C=N\NC(=O)C(=O)Nc2cccc(Cl)c2)cc(I)c1OCC(=O)Nc1cccc(C)c1. The first-order valence-corrected chi connectivity index (χ1v) is 12.6. The van der Waals surface area contributed by atoms with Crippen LogP contribution in [0.4, 0.5) is 11.4 Å². The van der Waals surface area contributed by atoms with Gasteiger partial charge in [0.15, 0.2) is 18.1 Å². The molecule has 0 bridgehead atoms. The maximum Gasteiger partial charge on any atom is 0.329 e. The first kappa shape index (κ1) is 27.9. The van der Waals surface area contributed by atoms with Crippen molar-refractivity contribution in [3.05, 3.63) is 80.4 Å². The molecular formula is C26H24ClIN4O5. The lowest BCUT2D eigenvalue weighted by Crippen LogP contribution is -2.32. The number of rotatable bonds is 9. The van der Waals surface area contributed by atoms with Crippen molar-refractivity contribution in [3.8, 4) is 11.5 Å². The van der Waals surface area contributed by atoms with Crippen molar-refractivity contribution in [2.45, 2.75) is 13.8 Å². The number of ether oxygens (including phenoxy) is 2. The second kappa shape index (κ2) is 13.6. The van der Waals surface area contributed by atoms with Gasteiger partial charge in [-0.05, 0) is 90.0 Å². The van der Waals surface area contributed by atoms with Crippen LogP contribution in [-0.2, 0) is 14.4 Å². The smallest absolute Gasteiger partial charge is 0.329 e. The van der Waals surface area contributed by atoms with E-state index in [1.807, 2.05) is 32.0 Å². The summed E-state index contributed by atoms with van der Waals surface area (Å²) in [4.78, 5) is 36.5. The number of carbonyl (C=O) groups is 3. The maximum atomic E-state index is 12.4. The normalized spacial score (nSPS) is 10.6. The molecule has 3 N–H and O–H groups in total. The number of nitrogens with zero attached hydrogens (tertiary/aromatic N) is 1. The number of carbonyl (C=O) groups excluding carboxylic acids is 3. The van der Waals surface area contributed by atoms with Gasteiger partial charge in [0.05, 0.1) is 16.4 Å². The number of benzene rings is 3. The Morgan fingerprint density at radius 1 is 0.973 bits per heavy atom. The van der Waals surface area contributed by atoms with Crippen LogP contribution in [0.2, 0.25) is 5.02 Å². The lowest BCUT2D eigenvalue weighted by atomic mass is 10.2. The summed E-state index contributed by atoms with van der Waals surface area (Å²) in [5.41, 5.74) is 4.86. The summed E-state index contributed by atoms with van der Waals surface area (Å²) in [6, 6.07) is 17.3. The van der Waals surface area contributed by atoms with E-state index in [4.69, 9.17) is 21.1 Å². The van der Waals surface area contributed by atoms with Crippen LogP contribution in [0, 0.1) is 10.5 Å². The first-order valence-electron chi connectivity index (χ1n) is 11.1. The van der Waals surface area contributed by atoms with Crippen molar-refractivity contribution >= 4 is 69.5 Å². The summed E-state index contributed by atoms with van der Waals surface area (Å²) in [6.07, 6.45) is 1.36. The lowest BCUT2D eigenvalue weighted by molar-refractivity contribution is -0.136. The molecule has 3 amide bonds. The van der Waals surface area contributed by atoms with Gasteiger partial charge in [0.2, 0.25) is 0 Å². The van der Waals surface area contributed by atoms with Gasteiger partial charge in [-0.3, -0.25) is 14.4 Å². The standard InChI is InChI=1S/C26H24ClIN4O5/c1-3-36-22-12-17(14-29-32-26(35)25(34)31-20-9-5-7-18(27)13-20)11-21(28)24(22)37-15-23(33)30-19-8-4-6-16(2)10-19/h4-14H,3,15H2,1-2H3,(H,30,33)(H,31,34)(H,32,35)/b29-14-. The Hall–Kier alpha value is -3.64. The average Bonchev–Trinajstić information content (AvgIpc) is 2.83. The Bertz CT molecular complexity index is 1330. The van der Waals surface area contributed by atoms with Crippen LogP contribution in [0.5, 0.6) is 11.5 Å². The zero-order chi connectivity index (χ0) is 26.8. The number of hydrazone groups is 1. The Morgan fingerprint density at radius 2 is 1.70 bits per heavy atom. The molecule has 192 valence electrons. The van der Waals surface area contributed by atoms with E-state index in [9.17, 15) is 14.4 Å². The van der Waals surface area contributed by atoms with Gasteiger partial charge in [0.25, 0.3) is 5.91 Å². The van der Waals surface area contributed by atoms with Gasteiger partial charge in [-0.15, -0.1) is 0 Å². The van der Waals surface area contributed by atoms with Crippen LogP contribution < -0.4 is 25.5 Å². The Balaban J connectivity index is 1.61. The Kier molecular flexibility index (Phi) is 10.3. The summed E-state index contributed by atoms with van der Waals surface area (Å²) in [5, 5.41) is 9.50. The summed E-state index contributed by atoms with van der Waals surface area (Å²) in [5.74, 6) is -1.34. The summed E-state index contributed by atoms with van der Waals surface area (Å²) in [6.45, 7) is 3.91. The fourth-order valence-corrected chi connectivity index (χ4v) is 4.06. The third-order valence-electron chi connectivity index (χ3n) is 4.65. The number of amides is 3. The van der Waals surface area contributed by atoms with E-state index in [0.29, 0.717) is 43.6 Å². The number of halogens is 2. The lowest BCUT2D eigenvalue weighted by Gasteiger charge is -2.14. The van der Waals surface area contributed by atoms with Crippen molar-refractivity contribution in [3.63, 3.8) is 0 Å². The second-order valence-corrected chi connectivity index (χ2v) is 9.23. The van der Waals surface area contributed by atoms with E-state index in [1.54, 1.807) is 36.4 Å². The minimum absolute atomic E-state index is 0.213. The van der Waals surface area contributed by atoms with E-state index < -0.39 is 11.8 Å². The molecule has 0 saturated carbocycles. The Morgan fingerprint density at radius 3 is 2.41 bits per heavy atom. The van der Waals surface area contributed by atoms with Crippen LogP contribution >= 0.6 is 34.2 Å². The summed E-state index contributed by atoms with van der Waals surface area (Å²) >= 11 is 7.93. The molecule has 37 heavy (non-hydrogen) atoms. The molecule has 0 heterocycles. The number of anilines is 2. The highest BCUT2D eigenvalue weighted by Gasteiger charge is 2.15. The minimum atomic E-state index is -0.949. The number of hydrogen-bond donors (Lipinski definition) is 3. The number of aryl methyl sites for hydroxylation is 1. The molecule has 0 spiro atoms. The van der Waals surface area contributed by atoms with Crippen molar-refractivity contribution < 1.29 is 23.9 Å². The van der Waals surface area contributed by atoms with Gasteiger partial charge in [-0.1, -0.05) is 29.8 Å². The molecule has 0 fully saturated rings. The van der Waals surface area contributed by atoms with Crippen LogP contribution in [0.25, 0.3) is 0 Å². The highest BCUT2D eigenvalue weighted by atomic mass is 127. The van der Waals surface area contributed by atoms with Gasteiger partial charge >= 0.3 is 11.8 Å². The summed E-state index contributed by atoms with van der Waals surface area (Å²) in [7, 11) is 0. The number of nitrogens with one attached hydrogen (secondary N) is 3. The topological polar surface area (TPSA) is 118 Å². The van der Waals surface area contributed by atoms with E-state index in [-0.39, 0.29) is 12.5 Å². The molecule has 3 aromatic carbocycles. The minimum Gasteiger partial charge on any atom is -0.490 e. The van der Waals surface area contributed by atoms with Gasteiger partial charge in [0, 0.05) is 16.4 Å². The van der Waals surface area contributed by atoms with Gasteiger partial charge in [0.1, 0.15) is 0 Å². The molecular weight excluding hydrogens is 611 g/mol. The van der Waals surface area contributed by atoms with Crippen LogP contribution in [0.3, 0.4) is 0 Å². The molecule has 0 unspecified atom stereocenters. The van der Waals surface area contributed by atoms with Crippen LogP contribution in [0.1, 0.15) is 18.1 Å². The fraction of sp³-hybridized carbons (Fsp3) is 0.154. The van der Waals surface area contributed by atoms with Gasteiger partial charge in [-0.25, -0.2) is 5.43 Å². The van der Waals surface area contributed by atoms with Gasteiger partial charge in [-0.2, -0.15) is 5.10 Å². The van der Waals surface area contributed by atoms with Crippen molar-refractivity contribution in [2.24, 2.45) is 5.10 Å². The molecule has 0 aromatic heterocycles. The van der Waals surface area contributed by atoms with Gasteiger partial charge < -0.3 is 20.1 Å². The first-order chi connectivity index (χ1) is 17.7. The van der Waals surface area contributed by atoms with Crippen LogP contribution in [-0.4, -0.2) is 37.1 Å². The molecule has 9 nitrogen and oxygen atoms in total. The molecule has 0 atom stereocenters. The van der Waals surface area contributed by atoms with E-state index in [1.165, 1.54) is 12.3 Å². The Labute approximate surface area is 232 Å². The second-order valence-electron chi connectivity index (χ2n) is 7.63. The zero-order valence-electron chi connectivity index (χ0n) is 20.0. The molecule has 3 aromatic rings. The maximum absolute atomic E-state index is 12.4. The third-order valence-corrected chi connectivity index (χ3v) is 5.69. The van der Waals surface area contributed by atoms with Crippen molar-refractivity contribution in [1.29, 1.82) is 0 Å². The fourth-order valence-electron chi connectivity index (χ4n) is 3.09. The third kappa shape index (κ3) is 8.76. The molecule has 0 aliphatic heterocycles. The van der Waals surface area contributed by atoms with E-state index in [2.05, 4.69) is 43.8 Å². The molecule has 0 saturated heterocycles. The zero-order valence-corrected chi connectivity index (χ0v) is 22.9. The molecule has 11 heteroatoms. The molecule has 0 aliphatic rings. The molecule has 0 radical (unpaired) electrons. The highest BCUT2D eigenvalue weighted by molar-refractivity contribution is 14.1. The quantitative estimate of drug-likeness (QED) is 0.136. The van der Waals surface area contributed by atoms with E-state index >= 15 is 0 Å². The average molecular weight is 635 g/mol. The van der Waals surface area contributed by atoms with Crippen molar-refractivity contribution in [2.75, 3.05) is 23.8 Å². The molecule has 3 rings (SSSR count). The van der Waals surface area contributed by atoms with Crippen molar-refractivity contribution in [1.82, 2.24) is 5.43 Å². The largest absolute Gasteiger partial charge is 0.490 e. The van der Waals surface area contributed by atoms with Crippen LogP contribution in [0.15, 0.2) is 65.8 Å². The molecule has 0 aliphatic carbocycles. The predicted molar refractivity (Wildman–Crippen MR) is 151 cm³/mol. The monoisotopic (exact) mass is 634 g/mol. The summed E-state index contributed by atoms with van der Waals surface area (Å²) < 4.78 is 12.1. The van der Waals surface area contributed by atoms with E-state index in [0.717, 1.165) is 5.56 Å².